The van der Waals surface area contributed by atoms with Gasteiger partial charge in [-0.05, 0) is 44.1 Å². The lowest BCUT2D eigenvalue weighted by Gasteiger charge is -2.40. The molecule has 21 heavy (non-hydrogen) atoms. The van der Waals surface area contributed by atoms with Gasteiger partial charge in [0.15, 0.2) is 0 Å². The van der Waals surface area contributed by atoms with Gasteiger partial charge in [-0.15, -0.1) is 0 Å². The maximum absolute atomic E-state index is 5.94. The summed E-state index contributed by atoms with van der Waals surface area (Å²) >= 11 is 5.94. The average Bonchev–Trinajstić information content (AvgIpc) is 2.48. The predicted octanol–water partition coefficient (Wildman–Crippen LogP) is 3.18. The van der Waals surface area contributed by atoms with Crippen LogP contribution in [0.15, 0.2) is 24.3 Å². The molecule has 2 rings (SSSR count). The van der Waals surface area contributed by atoms with E-state index in [4.69, 9.17) is 16.3 Å². The Labute approximate surface area is 133 Å². The zero-order chi connectivity index (χ0) is 15.1. The van der Waals surface area contributed by atoms with Crippen molar-refractivity contribution in [1.29, 1.82) is 0 Å². The molecule has 0 amide bonds. The number of hydrogen-bond acceptors (Lipinski definition) is 3. The van der Waals surface area contributed by atoms with E-state index in [9.17, 15) is 0 Å². The van der Waals surface area contributed by atoms with E-state index in [0.29, 0.717) is 0 Å². The Kier molecular flexibility index (Phi) is 6.49. The Hall–Kier alpha value is -0.610. The van der Waals surface area contributed by atoms with E-state index in [0.717, 1.165) is 44.4 Å². The van der Waals surface area contributed by atoms with Crippen LogP contribution in [-0.2, 0) is 11.3 Å². The molecule has 0 bridgehead atoms. The molecule has 1 N–H and O–H groups in total. The number of nitrogens with zero attached hydrogens (tertiary/aromatic N) is 1. The highest BCUT2D eigenvalue weighted by Crippen LogP contribution is 2.29. The second-order valence-electron chi connectivity index (χ2n) is 6.24. The molecule has 3 nitrogen and oxygen atoms in total. The van der Waals surface area contributed by atoms with Crippen LogP contribution in [0.2, 0.25) is 5.02 Å². The standard InChI is InChI=1S/C17H27ClN2O/c1-3-19-12-17(9-4-10-21-14-17)13-20(2)11-15-5-7-16(18)8-6-15/h5-8,19H,3-4,9-14H2,1-2H3. The molecule has 1 heterocycles. The molecular weight excluding hydrogens is 284 g/mol. The second-order valence-corrected chi connectivity index (χ2v) is 6.67. The van der Waals surface area contributed by atoms with E-state index in [1.165, 1.54) is 18.4 Å². The molecule has 1 aromatic rings. The molecule has 0 saturated carbocycles. The fourth-order valence-corrected chi connectivity index (χ4v) is 3.28. The molecule has 0 aliphatic carbocycles. The molecule has 1 saturated heterocycles. The fourth-order valence-electron chi connectivity index (χ4n) is 3.15. The summed E-state index contributed by atoms with van der Waals surface area (Å²) in [6.45, 7) is 8.00. The maximum atomic E-state index is 5.94. The van der Waals surface area contributed by atoms with E-state index < -0.39 is 0 Å². The van der Waals surface area contributed by atoms with E-state index in [2.05, 4.69) is 36.3 Å². The Morgan fingerprint density at radius 3 is 2.71 bits per heavy atom. The van der Waals surface area contributed by atoms with Crippen molar-refractivity contribution in [3.05, 3.63) is 34.9 Å². The number of hydrogen-bond donors (Lipinski definition) is 1. The second kappa shape index (κ2) is 8.14. The average molecular weight is 311 g/mol. The van der Waals surface area contributed by atoms with Gasteiger partial charge in [0, 0.05) is 36.7 Å². The molecule has 1 fully saturated rings. The van der Waals surface area contributed by atoms with Crippen LogP contribution in [0.25, 0.3) is 0 Å². The van der Waals surface area contributed by atoms with Crippen LogP contribution >= 0.6 is 11.6 Å². The lowest BCUT2D eigenvalue weighted by atomic mass is 9.81. The number of nitrogens with one attached hydrogen (secondary N) is 1. The first-order valence-corrected chi connectivity index (χ1v) is 8.23. The predicted molar refractivity (Wildman–Crippen MR) is 88.8 cm³/mol. The summed E-state index contributed by atoms with van der Waals surface area (Å²) in [5, 5.41) is 4.31. The Bertz CT molecular complexity index is 415. The van der Waals surface area contributed by atoms with Gasteiger partial charge >= 0.3 is 0 Å². The molecular formula is C17H27ClN2O. The van der Waals surface area contributed by atoms with Crippen molar-refractivity contribution >= 4 is 11.6 Å². The number of halogens is 1. The van der Waals surface area contributed by atoms with Crippen LogP contribution < -0.4 is 5.32 Å². The third-order valence-corrected chi connectivity index (χ3v) is 4.38. The molecule has 4 heteroatoms. The zero-order valence-electron chi connectivity index (χ0n) is 13.2. The molecule has 1 aliphatic rings. The topological polar surface area (TPSA) is 24.5 Å². The summed E-state index contributed by atoms with van der Waals surface area (Å²) < 4.78 is 5.77. The number of rotatable bonds is 7. The van der Waals surface area contributed by atoms with Gasteiger partial charge in [-0.1, -0.05) is 30.7 Å². The lowest BCUT2D eigenvalue weighted by molar-refractivity contribution is -0.0234. The van der Waals surface area contributed by atoms with Gasteiger partial charge < -0.3 is 15.0 Å². The van der Waals surface area contributed by atoms with Crippen LogP contribution in [0.3, 0.4) is 0 Å². The number of ether oxygens (including phenoxy) is 1. The Balaban J connectivity index is 1.93. The van der Waals surface area contributed by atoms with Gasteiger partial charge in [0.25, 0.3) is 0 Å². The van der Waals surface area contributed by atoms with E-state index in [1.807, 2.05) is 12.1 Å². The largest absolute Gasteiger partial charge is 0.381 e. The molecule has 0 aromatic heterocycles. The van der Waals surface area contributed by atoms with E-state index in [1.54, 1.807) is 0 Å². The normalized spacial score (nSPS) is 22.7. The minimum atomic E-state index is 0.245. The molecule has 0 spiro atoms. The summed E-state index contributed by atoms with van der Waals surface area (Å²) in [5.41, 5.74) is 1.55. The van der Waals surface area contributed by atoms with Crippen LogP contribution in [0.4, 0.5) is 0 Å². The summed E-state index contributed by atoms with van der Waals surface area (Å²) in [4.78, 5) is 2.40. The minimum Gasteiger partial charge on any atom is -0.381 e. The molecule has 118 valence electrons. The van der Waals surface area contributed by atoms with Gasteiger partial charge in [0.2, 0.25) is 0 Å². The molecule has 1 aliphatic heterocycles. The molecule has 1 aromatic carbocycles. The molecule has 1 unspecified atom stereocenters. The highest BCUT2D eigenvalue weighted by molar-refractivity contribution is 6.30. The van der Waals surface area contributed by atoms with Gasteiger partial charge in [-0.25, -0.2) is 0 Å². The zero-order valence-corrected chi connectivity index (χ0v) is 14.0. The highest BCUT2D eigenvalue weighted by Gasteiger charge is 2.33. The van der Waals surface area contributed by atoms with E-state index in [-0.39, 0.29) is 5.41 Å². The summed E-state index contributed by atoms with van der Waals surface area (Å²) in [6.07, 6.45) is 2.41. The monoisotopic (exact) mass is 310 g/mol. The lowest BCUT2D eigenvalue weighted by Crippen LogP contribution is -2.48. The fraction of sp³-hybridized carbons (Fsp3) is 0.647. The SMILES string of the molecule is CCNCC1(CN(C)Cc2ccc(Cl)cc2)CCCOC1. The van der Waals surface area contributed by atoms with Crippen LogP contribution in [0.5, 0.6) is 0 Å². The number of benzene rings is 1. The Morgan fingerprint density at radius 1 is 1.33 bits per heavy atom. The third-order valence-electron chi connectivity index (χ3n) is 4.13. The minimum absolute atomic E-state index is 0.245. The van der Waals surface area contributed by atoms with E-state index >= 15 is 0 Å². The first-order chi connectivity index (χ1) is 10.1. The van der Waals surface area contributed by atoms with Crippen molar-refractivity contribution in [2.45, 2.75) is 26.3 Å². The van der Waals surface area contributed by atoms with Gasteiger partial charge in [0.1, 0.15) is 0 Å². The van der Waals surface area contributed by atoms with Gasteiger partial charge in [0.05, 0.1) is 6.61 Å². The first kappa shape index (κ1) is 16.8. The third kappa shape index (κ3) is 5.26. The smallest absolute Gasteiger partial charge is 0.0546 e. The Morgan fingerprint density at radius 2 is 2.10 bits per heavy atom. The summed E-state index contributed by atoms with van der Waals surface area (Å²) in [7, 11) is 2.19. The molecule has 1 atom stereocenters. The van der Waals surface area contributed by atoms with Gasteiger partial charge in [-0.2, -0.15) is 0 Å². The van der Waals surface area contributed by atoms with Crippen LogP contribution in [-0.4, -0.2) is 44.8 Å². The van der Waals surface area contributed by atoms with Crippen LogP contribution in [0, 0.1) is 5.41 Å². The van der Waals surface area contributed by atoms with Crippen LogP contribution in [0.1, 0.15) is 25.3 Å². The van der Waals surface area contributed by atoms with Crippen molar-refractivity contribution < 1.29 is 4.74 Å². The quantitative estimate of drug-likeness (QED) is 0.837. The summed E-state index contributed by atoms with van der Waals surface area (Å²) in [6, 6.07) is 8.13. The van der Waals surface area contributed by atoms with Crippen molar-refractivity contribution in [1.82, 2.24) is 10.2 Å². The molecule has 0 radical (unpaired) electrons. The van der Waals surface area contributed by atoms with Crippen molar-refractivity contribution in [3.8, 4) is 0 Å². The first-order valence-electron chi connectivity index (χ1n) is 7.85. The van der Waals surface area contributed by atoms with Gasteiger partial charge in [-0.3, -0.25) is 0 Å². The summed E-state index contributed by atoms with van der Waals surface area (Å²) in [5.74, 6) is 0. The highest BCUT2D eigenvalue weighted by atomic mass is 35.5. The van der Waals surface area contributed by atoms with Crippen molar-refractivity contribution in [2.24, 2.45) is 5.41 Å². The van der Waals surface area contributed by atoms with Crippen molar-refractivity contribution in [2.75, 3.05) is 39.9 Å². The maximum Gasteiger partial charge on any atom is 0.0546 e. The van der Waals surface area contributed by atoms with Crippen molar-refractivity contribution in [3.63, 3.8) is 0 Å².